The standard InChI is InChI=1S/C13H26N2O2/c1-9(2)15-13(11(14)16)7-6-10(8-13)17-12(3,4)5/h9-10,15H,6-8H2,1-5H3,(H2,14,16). The molecule has 0 radical (unpaired) electrons. The summed E-state index contributed by atoms with van der Waals surface area (Å²) < 4.78 is 5.94. The van der Waals surface area contributed by atoms with E-state index in [-0.39, 0.29) is 23.7 Å². The fourth-order valence-corrected chi connectivity index (χ4v) is 2.58. The van der Waals surface area contributed by atoms with Crippen molar-refractivity contribution in [3.05, 3.63) is 0 Å². The summed E-state index contributed by atoms with van der Waals surface area (Å²) in [5, 5.41) is 3.32. The molecule has 0 aromatic heterocycles. The van der Waals surface area contributed by atoms with E-state index in [1.807, 2.05) is 34.6 Å². The lowest BCUT2D eigenvalue weighted by Crippen LogP contribution is -2.56. The van der Waals surface area contributed by atoms with Gasteiger partial charge >= 0.3 is 0 Å². The number of nitrogens with one attached hydrogen (secondary N) is 1. The molecule has 2 unspecified atom stereocenters. The smallest absolute Gasteiger partial charge is 0.237 e. The van der Waals surface area contributed by atoms with Gasteiger partial charge < -0.3 is 15.8 Å². The maximum absolute atomic E-state index is 11.7. The molecule has 0 aromatic rings. The zero-order valence-corrected chi connectivity index (χ0v) is 11.7. The van der Waals surface area contributed by atoms with Crippen molar-refractivity contribution in [2.45, 2.75) is 77.2 Å². The van der Waals surface area contributed by atoms with Gasteiger partial charge in [-0.15, -0.1) is 0 Å². The van der Waals surface area contributed by atoms with Crippen LogP contribution in [0.3, 0.4) is 0 Å². The predicted molar refractivity (Wildman–Crippen MR) is 68.7 cm³/mol. The number of ether oxygens (including phenoxy) is 1. The Morgan fingerprint density at radius 1 is 1.47 bits per heavy atom. The van der Waals surface area contributed by atoms with E-state index < -0.39 is 5.54 Å². The van der Waals surface area contributed by atoms with Gasteiger partial charge in [-0.2, -0.15) is 0 Å². The van der Waals surface area contributed by atoms with Crippen molar-refractivity contribution in [2.75, 3.05) is 0 Å². The van der Waals surface area contributed by atoms with E-state index in [2.05, 4.69) is 5.32 Å². The van der Waals surface area contributed by atoms with Crippen LogP contribution in [-0.4, -0.2) is 29.2 Å². The Hall–Kier alpha value is -0.610. The lowest BCUT2D eigenvalue weighted by Gasteiger charge is -2.31. The van der Waals surface area contributed by atoms with Crippen LogP contribution in [0.2, 0.25) is 0 Å². The minimum Gasteiger partial charge on any atom is -0.373 e. The van der Waals surface area contributed by atoms with Crippen LogP contribution in [0, 0.1) is 0 Å². The number of carbonyl (C=O) groups excluding carboxylic acids is 1. The second-order valence-corrected chi connectivity index (χ2v) is 6.34. The monoisotopic (exact) mass is 242 g/mol. The minimum absolute atomic E-state index is 0.119. The summed E-state index contributed by atoms with van der Waals surface area (Å²) in [6, 6.07) is 0.246. The predicted octanol–water partition coefficient (Wildman–Crippen LogP) is 1.58. The van der Waals surface area contributed by atoms with Gasteiger partial charge in [0.15, 0.2) is 0 Å². The fraction of sp³-hybridized carbons (Fsp3) is 0.923. The average Bonchev–Trinajstić information content (AvgIpc) is 2.45. The summed E-state index contributed by atoms with van der Waals surface area (Å²) >= 11 is 0. The minimum atomic E-state index is -0.579. The Bertz CT molecular complexity index is 284. The maximum atomic E-state index is 11.7. The van der Waals surface area contributed by atoms with E-state index >= 15 is 0 Å². The maximum Gasteiger partial charge on any atom is 0.237 e. The number of nitrogens with two attached hydrogens (primary N) is 1. The Balaban J connectivity index is 2.69. The molecule has 0 spiro atoms. The number of amides is 1. The van der Waals surface area contributed by atoms with E-state index in [4.69, 9.17) is 10.5 Å². The lowest BCUT2D eigenvalue weighted by molar-refractivity contribution is -0.125. The van der Waals surface area contributed by atoms with Gasteiger partial charge in [-0.25, -0.2) is 0 Å². The van der Waals surface area contributed by atoms with Gasteiger partial charge in [0.25, 0.3) is 0 Å². The van der Waals surface area contributed by atoms with Crippen molar-refractivity contribution in [1.82, 2.24) is 5.32 Å². The highest BCUT2D eigenvalue weighted by Crippen LogP contribution is 2.34. The molecule has 2 atom stereocenters. The Kier molecular flexibility index (Phi) is 4.20. The molecule has 1 fully saturated rings. The van der Waals surface area contributed by atoms with Crippen LogP contribution in [0.15, 0.2) is 0 Å². The molecular formula is C13H26N2O2. The topological polar surface area (TPSA) is 64.3 Å². The molecular weight excluding hydrogens is 216 g/mol. The van der Waals surface area contributed by atoms with E-state index in [0.29, 0.717) is 6.42 Å². The van der Waals surface area contributed by atoms with Crippen molar-refractivity contribution in [3.8, 4) is 0 Å². The molecule has 0 saturated heterocycles. The summed E-state index contributed by atoms with van der Waals surface area (Å²) in [6.07, 6.45) is 2.45. The lowest BCUT2D eigenvalue weighted by atomic mass is 9.95. The number of hydrogen-bond donors (Lipinski definition) is 2. The molecule has 0 bridgehead atoms. The van der Waals surface area contributed by atoms with Crippen LogP contribution in [0.1, 0.15) is 53.9 Å². The molecule has 0 heterocycles. The molecule has 1 saturated carbocycles. The van der Waals surface area contributed by atoms with Crippen LogP contribution in [0.25, 0.3) is 0 Å². The summed E-state index contributed by atoms with van der Waals surface area (Å²) in [6.45, 7) is 10.2. The van der Waals surface area contributed by atoms with Crippen LogP contribution >= 0.6 is 0 Å². The van der Waals surface area contributed by atoms with Crippen molar-refractivity contribution in [2.24, 2.45) is 5.73 Å². The Morgan fingerprint density at radius 2 is 2.06 bits per heavy atom. The molecule has 1 rings (SSSR count). The molecule has 100 valence electrons. The highest BCUT2D eigenvalue weighted by atomic mass is 16.5. The van der Waals surface area contributed by atoms with Crippen molar-refractivity contribution in [1.29, 1.82) is 0 Å². The third-order valence-electron chi connectivity index (χ3n) is 3.03. The molecule has 0 aliphatic heterocycles. The summed E-state index contributed by atoms with van der Waals surface area (Å²) in [4.78, 5) is 11.7. The molecule has 3 N–H and O–H groups in total. The largest absolute Gasteiger partial charge is 0.373 e. The first-order chi connectivity index (χ1) is 7.65. The van der Waals surface area contributed by atoms with Gasteiger partial charge in [0, 0.05) is 12.5 Å². The van der Waals surface area contributed by atoms with E-state index in [1.54, 1.807) is 0 Å². The summed E-state index contributed by atoms with van der Waals surface area (Å²) in [5.74, 6) is -0.258. The normalized spacial score (nSPS) is 29.9. The molecule has 4 heteroatoms. The van der Waals surface area contributed by atoms with Crippen LogP contribution in [0.4, 0.5) is 0 Å². The number of primary amides is 1. The first-order valence-corrected chi connectivity index (χ1v) is 6.40. The van der Waals surface area contributed by atoms with Gasteiger partial charge in [-0.1, -0.05) is 0 Å². The number of carbonyl (C=O) groups is 1. The summed E-state index contributed by atoms with van der Waals surface area (Å²) in [7, 11) is 0. The number of hydrogen-bond acceptors (Lipinski definition) is 3. The van der Waals surface area contributed by atoms with E-state index in [1.165, 1.54) is 0 Å². The second kappa shape index (κ2) is 4.94. The highest BCUT2D eigenvalue weighted by molar-refractivity contribution is 5.85. The molecule has 1 aliphatic carbocycles. The Morgan fingerprint density at radius 3 is 2.47 bits per heavy atom. The van der Waals surface area contributed by atoms with Gasteiger partial charge in [0.2, 0.25) is 5.91 Å². The zero-order valence-electron chi connectivity index (χ0n) is 11.7. The molecule has 0 aromatic carbocycles. The van der Waals surface area contributed by atoms with E-state index in [0.717, 1.165) is 12.8 Å². The van der Waals surface area contributed by atoms with Crippen LogP contribution in [-0.2, 0) is 9.53 Å². The Labute approximate surface area is 104 Å². The van der Waals surface area contributed by atoms with Gasteiger partial charge in [0.05, 0.1) is 11.7 Å². The van der Waals surface area contributed by atoms with E-state index in [9.17, 15) is 4.79 Å². The average molecular weight is 242 g/mol. The highest BCUT2D eigenvalue weighted by Gasteiger charge is 2.45. The van der Waals surface area contributed by atoms with Gasteiger partial charge in [0.1, 0.15) is 5.54 Å². The first-order valence-electron chi connectivity index (χ1n) is 6.40. The molecule has 17 heavy (non-hydrogen) atoms. The number of rotatable bonds is 4. The molecule has 1 aliphatic rings. The quantitative estimate of drug-likeness (QED) is 0.786. The van der Waals surface area contributed by atoms with Gasteiger partial charge in [-0.05, 0) is 47.5 Å². The van der Waals surface area contributed by atoms with Crippen LogP contribution in [0.5, 0.6) is 0 Å². The molecule has 1 amide bonds. The van der Waals surface area contributed by atoms with Crippen molar-refractivity contribution in [3.63, 3.8) is 0 Å². The van der Waals surface area contributed by atoms with Crippen LogP contribution < -0.4 is 11.1 Å². The van der Waals surface area contributed by atoms with Crippen molar-refractivity contribution >= 4 is 5.91 Å². The van der Waals surface area contributed by atoms with Crippen molar-refractivity contribution < 1.29 is 9.53 Å². The SMILES string of the molecule is CC(C)NC1(C(N)=O)CCC(OC(C)(C)C)C1. The first kappa shape index (κ1) is 14.5. The summed E-state index contributed by atoms with van der Waals surface area (Å²) in [5.41, 5.74) is 4.80. The van der Waals surface area contributed by atoms with Gasteiger partial charge in [-0.3, -0.25) is 4.79 Å². The third kappa shape index (κ3) is 3.96. The fourth-order valence-electron chi connectivity index (χ4n) is 2.58. The second-order valence-electron chi connectivity index (χ2n) is 6.34. The zero-order chi connectivity index (χ0) is 13.3. The third-order valence-corrected chi connectivity index (χ3v) is 3.03. The molecule has 4 nitrogen and oxygen atoms in total.